The van der Waals surface area contributed by atoms with Gasteiger partial charge in [-0.15, -0.1) is 0 Å². The molecule has 0 saturated heterocycles. The number of hydrazone groups is 1. The molecule has 128 valence electrons. The summed E-state index contributed by atoms with van der Waals surface area (Å²) in [6.45, 7) is 0. The van der Waals surface area contributed by atoms with Crippen molar-refractivity contribution in [2.24, 2.45) is 5.10 Å². The number of amides is 1. The fraction of sp³-hybridized carbons (Fsp3) is 0. The third-order valence-corrected chi connectivity index (χ3v) is 4.85. The van der Waals surface area contributed by atoms with Crippen molar-refractivity contribution >= 4 is 50.4 Å². The van der Waals surface area contributed by atoms with Crippen LogP contribution in [0.2, 0.25) is 5.02 Å². The number of halogens is 1. The normalized spacial score (nSPS) is 11.3. The summed E-state index contributed by atoms with van der Waals surface area (Å²) < 4.78 is 6.23. The van der Waals surface area contributed by atoms with Gasteiger partial charge < -0.3 is 4.42 Å². The fourth-order valence-electron chi connectivity index (χ4n) is 2.33. The minimum absolute atomic E-state index is 0.302. The van der Waals surface area contributed by atoms with Crippen molar-refractivity contribution in [3.05, 3.63) is 83.3 Å². The molecule has 0 N–H and O–H groups in total. The smallest absolute Gasteiger partial charge is 0.280 e. The van der Waals surface area contributed by atoms with Gasteiger partial charge in [0.2, 0.25) is 5.13 Å². The first-order chi connectivity index (χ1) is 12.7. The van der Waals surface area contributed by atoms with E-state index in [9.17, 15) is 4.79 Å². The first-order valence-corrected chi connectivity index (χ1v) is 8.93. The maximum absolute atomic E-state index is 13.0. The second kappa shape index (κ2) is 7.11. The zero-order valence-corrected chi connectivity index (χ0v) is 14.9. The first kappa shape index (κ1) is 16.5. The lowest BCUT2D eigenvalue weighted by atomic mass is 10.2. The highest BCUT2D eigenvalue weighted by atomic mass is 35.5. The van der Waals surface area contributed by atoms with Crippen LogP contribution in [0.15, 0.2) is 76.4 Å². The molecule has 2 heterocycles. The molecule has 4 rings (SSSR count). The standard InChI is InChI=1S/C19H12ClN3O2S/c20-14-9-7-13(8-10-14)18(24)23(21-12-15-4-3-11-25-15)19-22-16-5-1-2-6-17(16)26-19/h1-12H/b21-12-. The molecule has 0 fully saturated rings. The molecule has 26 heavy (non-hydrogen) atoms. The minimum atomic E-state index is -0.302. The number of furan rings is 1. The molecule has 2 aromatic carbocycles. The highest BCUT2D eigenvalue weighted by molar-refractivity contribution is 7.22. The van der Waals surface area contributed by atoms with Crippen molar-refractivity contribution in [1.82, 2.24) is 4.98 Å². The van der Waals surface area contributed by atoms with Crippen LogP contribution in [0, 0.1) is 0 Å². The highest BCUT2D eigenvalue weighted by Gasteiger charge is 2.21. The molecule has 7 heteroatoms. The third kappa shape index (κ3) is 3.37. The summed E-state index contributed by atoms with van der Waals surface area (Å²) in [5.74, 6) is 0.239. The lowest BCUT2D eigenvalue weighted by molar-refractivity contribution is 0.0988. The van der Waals surface area contributed by atoms with Crippen LogP contribution in [0.1, 0.15) is 16.1 Å². The van der Waals surface area contributed by atoms with Gasteiger partial charge in [-0.05, 0) is 48.5 Å². The highest BCUT2D eigenvalue weighted by Crippen LogP contribution is 2.30. The number of hydrogen-bond donors (Lipinski definition) is 0. The van der Waals surface area contributed by atoms with Crippen LogP contribution in [-0.2, 0) is 0 Å². The monoisotopic (exact) mass is 381 g/mol. The average Bonchev–Trinajstić information content (AvgIpc) is 3.31. The molecule has 4 aromatic rings. The van der Waals surface area contributed by atoms with Gasteiger partial charge in [0, 0.05) is 10.6 Å². The van der Waals surface area contributed by atoms with Crippen LogP contribution in [0.4, 0.5) is 5.13 Å². The summed E-state index contributed by atoms with van der Waals surface area (Å²) in [6, 6.07) is 17.9. The van der Waals surface area contributed by atoms with Crippen LogP contribution in [-0.4, -0.2) is 17.1 Å². The number of carbonyl (C=O) groups excluding carboxylic acids is 1. The maximum Gasteiger partial charge on any atom is 0.280 e. The van der Waals surface area contributed by atoms with Crippen molar-refractivity contribution in [3.8, 4) is 0 Å². The Morgan fingerprint density at radius 2 is 1.92 bits per heavy atom. The Balaban J connectivity index is 1.75. The molecule has 5 nitrogen and oxygen atoms in total. The second-order valence-corrected chi connectivity index (χ2v) is 6.79. The Kier molecular flexibility index (Phi) is 4.51. The molecule has 0 aliphatic carbocycles. The summed E-state index contributed by atoms with van der Waals surface area (Å²) in [5.41, 5.74) is 1.28. The second-order valence-electron chi connectivity index (χ2n) is 5.35. The maximum atomic E-state index is 13.0. The van der Waals surface area contributed by atoms with Gasteiger partial charge in [-0.1, -0.05) is 35.1 Å². The molecule has 0 bridgehead atoms. The van der Waals surface area contributed by atoms with Gasteiger partial charge in [0.05, 0.1) is 22.7 Å². The number of aromatic nitrogens is 1. The summed E-state index contributed by atoms with van der Waals surface area (Å²) >= 11 is 7.31. The number of anilines is 1. The van der Waals surface area contributed by atoms with Crippen LogP contribution < -0.4 is 5.01 Å². The van der Waals surface area contributed by atoms with E-state index in [0.29, 0.717) is 21.5 Å². The van der Waals surface area contributed by atoms with Crippen molar-refractivity contribution in [3.63, 3.8) is 0 Å². The molecule has 2 aromatic heterocycles. The zero-order chi connectivity index (χ0) is 17.9. The number of thiazole rings is 1. The van der Waals surface area contributed by atoms with Gasteiger partial charge in [0.15, 0.2) is 0 Å². The Hall–Kier alpha value is -2.96. The van der Waals surface area contributed by atoms with E-state index in [0.717, 1.165) is 10.2 Å². The molecule has 0 atom stereocenters. The molecule has 0 spiro atoms. The number of carbonyl (C=O) groups is 1. The molecule has 1 amide bonds. The molecular formula is C19H12ClN3O2S. The van der Waals surface area contributed by atoms with Gasteiger partial charge in [0.1, 0.15) is 5.76 Å². The SMILES string of the molecule is O=C(c1ccc(Cl)cc1)N(/N=C\c1ccco1)c1nc2ccccc2s1. The lowest BCUT2D eigenvalue weighted by Gasteiger charge is -2.13. The quantitative estimate of drug-likeness (QED) is 0.359. The van der Waals surface area contributed by atoms with Crippen LogP contribution in [0.25, 0.3) is 10.2 Å². The lowest BCUT2D eigenvalue weighted by Crippen LogP contribution is -2.25. The Labute approximate surface area is 158 Å². The number of rotatable bonds is 4. The van der Waals surface area contributed by atoms with Gasteiger partial charge >= 0.3 is 0 Å². The van der Waals surface area contributed by atoms with Gasteiger partial charge in [0.25, 0.3) is 5.91 Å². The largest absolute Gasteiger partial charge is 0.463 e. The van der Waals surface area contributed by atoms with Crippen LogP contribution >= 0.6 is 22.9 Å². The predicted molar refractivity (Wildman–Crippen MR) is 104 cm³/mol. The molecule has 0 unspecified atom stereocenters. The number of hydrogen-bond acceptors (Lipinski definition) is 5. The zero-order valence-electron chi connectivity index (χ0n) is 13.4. The number of para-hydroxylation sites is 1. The minimum Gasteiger partial charge on any atom is -0.463 e. The van der Waals surface area contributed by atoms with E-state index >= 15 is 0 Å². The Bertz CT molecular complexity index is 1040. The van der Waals surface area contributed by atoms with E-state index in [-0.39, 0.29) is 5.91 Å². The van der Waals surface area contributed by atoms with E-state index in [1.807, 2.05) is 24.3 Å². The van der Waals surface area contributed by atoms with E-state index in [1.165, 1.54) is 22.6 Å². The summed E-state index contributed by atoms with van der Waals surface area (Å²) in [4.78, 5) is 17.5. The topological polar surface area (TPSA) is 58.7 Å². The molecular weight excluding hydrogens is 370 g/mol. The fourth-order valence-corrected chi connectivity index (χ4v) is 3.38. The molecule has 0 aliphatic heterocycles. The van der Waals surface area contributed by atoms with E-state index in [4.69, 9.17) is 16.0 Å². The Morgan fingerprint density at radius 1 is 1.12 bits per heavy atom. The van der Waals surface area contributed by atoms with Crippen LogP contribution in [0.3, 0.4) is 0 Å². The van der Waals surface area contributed by atoms with E-state index in [2.05, 4.69) is 10.1 Å². The summed E-state index contributed by atoms with van der Waals surface area (Å²) in [5, 5.41) is 6.63. The van der Waals surface area contributed by atoms with Gasteiger partial charge in [-0.2, -0.15) is 10.1 Å². The average molecular weight is 382 g/mol. The molecule has 0 radical (unpaired) electrons. The van der Waals surface area contributed by atoms with Crippen LogP contribution in [0.5, 0.6) is 0 Å². The van der Waals surface area contributed by atoms with E-state index < -0.39 is 0 Å². The number of fused-ring (bicyclic) bond motifs is 1. The first-order valence-electron chi connectivity index (χ1n) is 7.74. The predicted octanol–water partition coefficient (Wildman–Crippen LogP) is 5.22. The summed E-state index contributed by atoms with van der Waals surface area (Å²) in [6.07, 6.45) is 3.03. The van der Waals surface area contributed by atoms with Gasteiger partial charge in [-0.25, -0.2) is 4.98 Å². The van der Waals surface area contributed by atoms with Crippen molar-refractivity contribution in [1.29, 1.82) is 0 Å². The summed E-state index contributed by atoms with van der Waals surface area (Å²) in [7, 11) is 0. The molecule has 0 saturated carbocycles. The van der Waals surface area contributed by atoms with E-state index in [1.54, 1.807) is 42.7 Å². The number of nitrogens with zero attached hydrogens (tertiary/aromatic N) is 3. The van der Waals surface area contributed by atoms with Crippen molar-refractivity contribution < 1.29 is 9.21 Å². The molecule has 0 aliphatic rings. The Morgan fingerprint density at radius 3 is 2.65 bits per heavy atom. The van der Waals surface area contributed by atoms with Crippen molar-refractivity contribution in [2.45, 2.75) is 0 Å². The third-order valence-electron chi connectivity index (χ3n) is 3.59. The van der Waals surface area contributed by atoms with Gasteiger partial charge in [-0.3, -0.25) is 4.79 Å². The van der Waals surface area contributed by atoms with Crippen molar-refractivity contribution in [2.75, 3.05) is 5.01 Å². The number of benzene rings is 2.